The van der Waals surface area contributed by atoms with E-state index in [0.717, 1.165) is 29.8 Å². The van der Waals surface area contributed by atoms with Crippen molar-refractivity contribution >= 4 is 11.7 Å². The summed E-state index contributed by atoms with van der Waals surface area (Å²) in [4.78, 5) is 20.6. The third-order valence-electron chi connectivity index (χ3n) is 4.05. The van der Waals surface area contributed by atoms with Crippen LogP contribution in [0.15, 0.2) is 6.33 Å². The lowest BCUT2D eigenvalue weighted by atomic mass is 10.1. The maximum absolute atomic E-state index is 12.2. The molecule has 0 bridgehead atoms. The zero-order valence-corrected chi connectivity index (χ0v) is 11.9. The Morgan fingerprint density at radius 2 is 2.15 bits per heavy atom. The van der Waals surface area contributed by atoms with Crippen LogP contribution in [0.2, 0.25) is 0 Å². The number of hydrogen-bond donors (Lipinski definition) is 1. The summed E-state index contributed by atoms with van der Waals surface area (Å²) in [6, 6.07) is 0.353. The summed E-state index contributed by atoms with van der Waals surface area (Å²) in [5, 5.41) is 7.25. The van der Waals surface area contributed by atoms with Crippen molar-refractivity contribution in [2.45, 2.75) is 52.0 Å². The van der Waals surface area contributed by atoms with Crippen LogP contribution in [-0.2, 0) is 11.2 Å². The fourth-order valence-electron chi connectivity index (χ4n) is 2.92. The monoisotopic (exact) mass is 273 g/mol. The minimum Gasteiger partial charge on any atom is -0.353 e. The topological polar surface area (TPSA) is 72.2 Å². The summed E-state index contributed by atoms with van der Waals surface area (Å²) >= 11 is 0. The van der Waals surface area contributed by atoms with Gasteiger partial charge in [0, 0.05) is 23.0 Å². The van der Waals surface area contributed by atoms with Gasteiger partial charge in [-0.1, -0.05) is 12.8 Å². The molecule has 0 aromatic carbocycles. The van der Waals surface area contributed by atoms with Gasteiger partial charge in [-0.05, 0) is 26.7 Å². The van der Waals surface area contributed by atoms with Crippen LogP contribution in [-0.4, -0.2) is 31.5 Å². The first-order chi connectivity index (χ1) is 9.65. The fraction of sp³-hybridized carbons (Fsp3) is 0.571. The zero-order chi connectivity index (χ0) is 14.1. The van der Waals surface area contributed by atoms with Crippen molar-refractivity contribution in [2.24, 2.45) is 0 Å². The van der Waals surface area contributed by atoms with E-state index in [-0.39, 0.29) is 5.91 Å². The van der Waals surface area contributed by atoms with Gasteiger partial charge in [-0.2, -0.15) is 10.1 Å². The third kappa shape index (κ3) is 2.37. The molecule has 0 spiro atoms. The first-order valence-electron chi connectivity index (χ1n) is 7.10. The molecule has 1 aliphatic carbocycles. The molecule has 1 saturated carbocycles. The Kier molecular flexibility index (Phi) is 3.38. The largest absolute Gasteiger partial charge is 0.353 e. The van der Waals surface area contributed by atoms with Crippen LogP contribution < -0.4 is 5.32 Å². The molecule has 2 heterocycles. The van der Waals surface area contributed by atoms with E-state index >= 15 is 0 Å². The molecular weight excluding hydrogens is 254 g/mol. The minimum atomic E-state index is 0.0735. The average Bonchev–Trinajstić information content (AvgIpc) is 3.05. The van der Waals surface area contributed by atoms with Crippen molar-refractivity contribution in [3.05, 3.63) is 23.3 Å². The highest BCUT2D eigenvalue weighted by atomic mass is 16.1. The lowest BCUT2D eigenvalue weighted by molar-refractivity contribution is -0.121. The summed E-state index contributed by atoms with van der Waals surface area (Å²) in [7, 11) is 0. The Morgan fingerprint density at radius 3 is 2.90 bits per heavy atom. The molecule has 20 heavy (non-hydrogen) atoms. The first kappa shape index (κ1) is 13.0. The second kappa shape index (κ2) is 5.19. The Bertz CT molecular complexity index is 642. The zero-order valence-electron chi connectivity index (χ0n) is 11.9. The quantitative estimate of drug-likeness (QED) is 0.916. The number of aryl methyl sites for hydroxylation is 2. The van der Waals surface area contributed by atoms with Crippen LogP contribution in [0.25, 0.3) is 5.78 Å². The Hall–Kier alpha value is -1.98. The highest BCUT2D eigenvalue weighted by Gasteiger charge is 2.19. The normalized spacial score (nSPS) is 15.9. The lowest BCUT2D eigenvalue weighted by Gasteiger charge is -2.14. The Labute approximate surface area is 117 Å². The van der Waals surface area contributed by atoms with E-state index in [2.05, 4.69) is 20.4 Å². The molecule has 0 aliphatic heterocycles. The minimum absolute atomic E-state index is 0.0735. The van der Waals surface area contributed by atoms with E-state index in [1.165, 1.54) is 19.2 Å². The predicted octanol–water partition coefficient (Wildman–Crippen LogP) is 1.34. The molecule has 2 aromatic rings. The number of fused-ring (bicyclic) bond motifs is 1. The van der Waals surface area contributed by atoms with Crippen LogP contribution in [0.3, 0.4) is 0 Å². The van der Waals surface area contributed by atoms with Crippen LogP contribution in [0.1, 0.15) is 42.6 Å². The van der Waals surface area contributed by atoms with E-state index in [9.17, 15) is 4.79 Å². The predicted molar refractivity (Wildman–Crippen MR) is 74.4 cm³/mol. The number of hydrogen-bond acceptors (Lipinski definition) is 4. The van der Waals surface area contributed by atoms with Crippen LogP contribution >= 0.6 is 0 Å². The van der Waals surface area contributed by atoms with Gasteiger partial charge in [0.05, 0.1) is 6.42 Å². The number of rotatable bonds is 3. The van der Waals surface area contributed by atoms with Gasteiger partial charge in [-0.25, -0.2) is 9.50 Å². The van der Waals surface area contributed by atoms with E-state index in [0.29, 0.717) is 18.2 Å². The SMILES string of the molecule is Cc1nc2ncnn2c(C)c1CC(=O)NC1CCCC1. The molecular formula is C14H19N5O. The molecule has 0 unspecified atom stereocenters. The molecule has 1 fully saturated rings. The van der Waals surface area contributed by atoms with Crippen molar-refractivity contribution in [1.82, 2.24) is 24.9 Å². The van der Waals surface area contributed by atoms with Crippen molar-refractivity contribution in [3.63, 3.8) is 0 Å². The van der Waals surface area contributed by atoms with Gasteiger partial charge in [-0.15, -0.1) is 0 Å². The molecule has 0 radical (unpaired) electrons. The number of nitrogens with zero attached hydrogens (tertiary/aromatic N) is 4. The van der Waals surface area contributed by atoms with Crippen LogP contribution in [0, 0.1) is 13.8 Å². The summed E-state index contributed by atoms with van der Waals surface area (Å²) in [5.41, 5.74) is 2.73. The molecule has 2 aromatic heterocycles. The number of nitrogens with one attached hydrogen (secondary N) is 1. The van der Waals surface area contributed by atoms with Gasteiger partial charge < -0.3 is 5.32 Å². The van der Waals surface area contributed by atoms with Crippen molar-refractivity contribution in [3.8, 4) is 0 Å². The van der Waals surface area contributed by atoms with Crippen LogP contribution in [0.4, 0.5) is 0 Å². The van der Waals surface area contributed by atoms with E-state index < -0.39 is 0 Å². The summed E-state index contributed by atoms with van der Waals surface area (Å²) in [6.45, 7) is 3.87. The summed E-state index contributed by atoms with van der Waals surface area (Å²) < 4.78 is 1.69. The summed E-state index contributed by atoms with van der Waals surface area (Å²) in [5.74, 6) is 0.657. The summed E-state index contributed by atoms with van der Waals surface area (Å²) in [6.07, 6.45) is 6.48. The van der Waals surface area contributed by atoms with Gasteiger partial charge in [-0.3, -0.25) is 4.79 Å². The molecule has 1 aliphatic rings. The Balaban J connectivity index is 1.80. The average molecular weight is 273 g/mol. The molecule has 3 rings (SSSR count). The molecule has 1 N–H and O–H groups in total. The molecule has 0 atom stereocenters. The van der Waals surface area contributed by atoms with Gasteiger partial charge >= 0.3 is 0 Å². The second-order valence-corrected chi connectivity index (χ2v) is 5.46. The maximum Gasteiger partial charge on any atom is 0.252 e. The number of carbonyl (C=O) groups is 1. The number of amides is 1. The number of aromatic nitrogens is 4. The van der Waals surface area contributed by atoms with Gasteiger partial charge in [0.15, 0.2) is 0 Å². The molecule has 106 valence electrons. The van der Waals surface area contributed by atoms with E-state index in [4.69, 9.17) is 0 Å². The standard InChI is InChI=1S/C14H19N5O/c1-9-12(7-13(20)18-11-5-3-4-6-11)10(2)19-14(17-9)15-8-16-19/h8,11H,3-7H2,1-2H3,(H,18,20). The number of carbonyl (C=O) groups excluding carboxylic acids is 1. The third-order valence-corrected chi connectivity index (χ3v) is 4.05. The van der Waals surface area contributed by atoms with Crippen LogP contribution in [0.5, 0.6) is 0 Å². The first-order valence-corrected chi connectivity index (χ1v) is 7.10. The molecule has 6 nitrogen and oxygen atoms in total. The smallest absolute Gasteiger partial charge is 0.252 e. The van der Waals surface area contributed by atoms with E-state index in [1.807, 2.05) is 13.8 Å². The fourth-order valence-corrected chi connectivity index (χ4v) is 2.92. The van der Waals surface area contributed by atoms with Gasteiger partial charge in [0.25, 0.3) is 5.78 Å². The van der Waals surface area contributed by atoms with Crippen molar-refractivity contribution in [2.75, 3.05) is 0 Å². The van der Waals surface area contributed by atoms with Gasteiger partial charge in [0.1, 0.15) is 6.33 Å². The molecule has 6 heteroatoms. The van der Waals surface area contributed by atoms with Gasteiger partial charge in [0.2, 0.25) is 5.91 Å². The highest BCUT2D eigenvalue weighted by molar-refractivity contribution is 5.79. The van der Waals surface area contributed by atoms with E-state index in [1.54, 1.807) is 4.52 Å². The Morgan fingerprint density at radius 1 is 1.40 bits per heavy atom. The van der Waals surface area contributed by atoms with Crippen molar-refractivity contribution in [1.29, 1.82) is 0 Å². The van der Waals surface area contributed by atoms with Crippen molar-refractivity contribution < 1.29 is 4.79 Å². The second-order valence-electron chi connectivity index (χ2n) is 5.46. The molecule has 1 amide bonds. The maximum atomic E-state index is 12.2. The molecule has 0 saturated heterocycles. The lowest BCUT2D eigenvalue weighted by Crippen LogP contribution is -2.34. The highest BCUT2D eigenvalue weighted by Crippen LogP contribution is 2.18.